The van der Waals surface area contributed by atoms with Gasteiger partial charge in [0.25, 0.3) is 0 Å². The van der Waals surface area contributed by atoms with E-state index in [0.29, 0.717) is 19.4 Å². The maximum absolute atomic E-state index is 13.3. The van der Waals surface area contributed by atoms with Crippen molar-refractivity contribution in [3.63, 3.8) is 0 Å². The van der Waals surface area contributed by atoms with E-state index in [9.17, 15) is 19.5 Å². The molecule has 1 aromatic carbocycles. The molecule has 34 heavy (non-hydrogen) atoms. The Morgan fingerprint density at radius 3 is 2.56 bits per heavy atom. The highest BCUT2D eigenvalue weighted by molar-refractivity contribution is 5.95. The molecule has 0 saturated heterocycles. The van der Waals surface area contributed by atoms with Crippen molar-refractivity contribution >= 4 is 36.1 Å². The molecule has 1 unspecified atom stereocenters. The van der Waals surface area contributed by atoms with Crippen LogP contribution >= 0.6 is 12.4 Å². The van der Waals surface area contributed by atoms with Crippen molar-refractivity contribution in [2.24, 2.45) is 11.1 Å². The van der Waals surface area contributed by atoms with Gasteiger partial charge in [-0.1, -0.05) is 32.0 Å². The van der Waals surface area contributed by atoms with Gasteiger partial charge >= 0.3 is 12.1 Å². The molecule has 5 N–H and O–H groups in total. The van der Waals surface area contributed by atoms with Gasteiger partial charge in [0.2, 0.25) is 5.91 Å². The molecule has 2 rings (SSSR count). The molecule has 192 valence electrons. The highest BCUT2D eigenvalue weighted by Crippen LogP contribution is 2.32. The molecule has 10 nitrogen and oxygen atoms in total. The maximum Gasteiger partial charge on any atom is 0.407 e. The third kappa shape index (κ3) is 8.34. The van der Waals surface area contributed by atoms with E-state index in [0.717, 1.165) is 11.3 Å². The van der Waals surface area contributed by atoms with E-state index in [-0.39, 0.29) is 43.4 Å². The lowest BCUT2D eigenvalue weighted by Gasteiger charge is -2.37. The number of benzene rings is 1. The molecule has 0 saturated carbocycles. The number of methoxy groups -OCH3 is 1. The molecule has 1 heterocycles. The van der Waals surface area contributed by atoms with Crippen LogP contribution in [0.3, 0.4) is 0 Å². The molecule has 0 radical (unpaired) electrons. The molecule has 4 amide bonds. The van der Waals surface area contributed by atoms with Gasteiger partial charge in [-0.2, -0.15) is 0 Å². The Morgan fingerprint density at radius 2 is 1.94 bits per heavy atom. The van der Waals surface area contributed by atoms with Gasteiger partial charge in [0.05, 0.1) is 19.3 Å². The summed E-state index contributed by atoms with van der Waals surface area (Å²) in [7, 11) is 4.53. The largest absolute Gasteiger partial charge is 0.453 e. The number of ether oxygens (including phenoxy) is 1. The first-order valence-corrected chi connectivity index (χ1v) is 11.0. The molecule has 1 aromatic rings. The van der Waals surface area contributed by atoms with Crippen molar-refractivity contribution in [1.82, 2.24) is 15.5 Å². The molecule has 0 bridgehead atoms. The second-order valence-electron chi connectivity index (χ2n) is 9.53. The quantitative estimate of drug-likeness (QED) is 0.427. The summed E-state index contributed by atoms with van der Waals surface area (Å²) in [5.41, 5.74) is 7.49. The van der Waals surface area contributed by atoms with Crippen molar-refractivity contribution < 1.29 is 24.2 Å². The van der Waals surface area contributed by atoms with Crippen LogP contribution in [-0.2, 0) is 16.0 Å². The number of halogens is 1. The van der Waals surface area contributed by atoms with Crippen LogP contribution in [-0.4, -0.2) is 80.5 Å². The number of nitrogens with one attached hydrogen (secondary N) is 2. The molecule has 0 spiro atoms. The fourth-order valence-electron chi connectivity index (χ4n) is 4.01. The topological polar surface area (TPSA) is 137 Å². The van der Waals surface area contributed by atoms with Crippen molar-refractivity contribution in [3.05, 3.63) is 29.8 Å². The van der Waals surface area contributed by atoms with Crippen molar-refractivity contribution in [3.8, 4) is 0 Å². The number of fused-ring (bicyclic) bond motifs is 1. The average Bonchev–Trinajstić information content (AvgIpc) is 2.75. The molecule has 1 aliphatic heterocycles. The van der Waals surface area contributed by atoms with Crippen LogP contribution in [0.2, 0.25) is 0 Å². The lowest BCUT2D eigenvalue weighted by atomic mass is 9.80. The molecular weight excluding hydrogens is 462 g/mol. The Labute approximate surface area is 207 Å². The Bertz CT molecular complexity index is 851. The summed E-state index contributed by atoms with van der Waals surface area (Å²) in [5.74, 6) is -0.0913. The zero-order chi connectivity index (χ0) is 24.8. The Balaban J connectivity index is 0.00000578. The number of anilines is 1. The summed E-state index contributed by atoms with van der Waals surface area (Å²) in [4.78, 5) is 39.8. The lowest BCUT2D eigenvalue weighted by molar-refractivity contribution is -0.120. The highest BCUT2D eigenvalue weighted by atomic mass is 35.5. The normalized spacial score (nSPS) is 16.9. The zero-order valence-electron chi connectivity index (χ0n) is 20.5. The maximum atomic E-state index is 13.3. The van der Waals surface area contributed by atoms with Gasteiger partial charge in [-0.25, -0.2) is 9.59 Å². The number of aliphatic hydroxyl groups excluding tert-OH is 1. The van der Waals surface area contributed by atoms with Gasteiger partial charge in [0.1, 0.15) is 0 Å². The van der Waals surface area contributed by atoms with Crippen LogP contribution < -0.4 is 21.3 Å². The molecule has 0 fully saturated rings. The van der Waals surface area contributed by atoms with Gasteiger partial charge in [-0.05, 0) is 29.9 Å². The van der Waals surface area contributed by atoms with Crippen molar-refractivity contribution in [2.75, 3.05) is 39.2 Å². The van der Waals surface area contributed by atoms with Crippen LogP contribution in [0, 0.1) is 5.41 Å². The predicted octanol–water partition coefficient (Wildman–Crippen LogP) is 1.49. The SMILES string of the molecule is COC(=O)NC1Cc2ccccc2N(C(=O)CC(C)(C)C[C@H](N)[C@@H](O)CNC(=O)N(C)C)C1.Cl. The zero-order valence-corrected chi connectivity index (χ0v) is 21.4. The van der Waals surface area contributed by atoms with E-state index in [1.54, 1.807) is 19.0 Å². The molecule has 0 aromatic heterocycles. The number of carbonyl (C=O) groups is 3. The third-order valence-corrected chi connectivity index (χ3v) is 5.74. The standard InChI is InChI=1S/C23H37N5O5.ClH/c1-23(2,11-17(24)19(29)13-25-21(31)27(3)4)12-20(30)28-14-16(26-22(32)33-5)10-15-8-6-7-9-18(15)28;/h6-9,16-17,19,29H,10-14,24H2,1-5H3,(H,25,31)(H,26,32);1H/t16?,17-,19-;/m0./s1. The number of rotatable bonds is 8. The smallest absolute Gasteiger partial charge is 0.407 e. The Kier molecular flexibility index (Phi) is 11.1. The van der Waals surface area contributed by atoms with Crippen LogP contribution in [0.4, 0.5) is 15.3 Å². The summed E-state index contributed by atoms with van der Waals surface area (Å²) >= 11 is 0. The molecule has 3 atom stereocenters. The van der Waals surface area contributed by atoms with E-state index in [1.807, 2.05) is 38.1 Å². The Hall–Kier alpha value is -2.56. The minimum absolute atomic E-state index is 0. The van der Waals surface area contributed by atoms with Crippen molar-refractivity contribution in [1.29, 1.82) is 0 Å². The number of carbonyl (C=O) groups excluding carboxylic acids is 3. The van der Waals surface area contributed by atoms with Gasteiger partial charge in [-0.15, -0.1) is 12.4 Å². The van der Waals surface area contributed by atoms with E-state index < -0.39 is 23.7 Å². The number of urea groups is 1. The number of amides is 4. The minimum atomic E-state index is -0.937. The summed E-state index contributed by atoms with van der Waals surface area (Å²) < 4.78 is 4.71. The van der Waals surface area contributed by atoms with E-state index in [1.165, 1.54) is 12.0 Å². The minimum Gasteiger partial charge on any atom is -0.453 e. The van der Waals surface area contributed by atoms with E-state index in [2.05, 4.69) is 10.6 Å². The monoisotopic (exact) mass is 499 g/mol. The van der Waals surface area contributed by atoms with E-state index in [4.69, 9.17) is 10.5 Å². The number of hydrogen-bond donors (Lipinski definition) is 4. The highest BCUT2D eigenvalue weighted by Gasteiger charge is 2.34. The van der Waals surface area contributed by atoms with Gasteiger partial charge in [0, 0.05) is 45.3 Å². The molecule has 1 aliphatic rings. The summed E-state index contributed by atoms with van der Waals surface area (Å²) in [5, 5.41) is 15.8. The van der Waals surface area contributed by atoms with Gasteiger partial charge in [-0.3, -0.25) is 4.79 Å². The predicted molar refractivity (Wildman–Crippen MR) is 133 cm³/mol. The second-order valence-corrected chi connectivity index (χ2v) is 9.53. The van der Waals surface area contributed by atoms with Crippen LogP contribution in [0.1, 0.15) is 32.3 Å². The number of alkyl carbamates (subject to hydrolysis) is 1. The van der Waals surface area contributed by atoms with Gasteiger partial charge < -0.3 is 36.0 Å². The number of aliphatic hydroxyl groups is 1. The Morgan fingerprint density at radius 1 is 1.29 bits per heavy atom. The van der Waals surface area contributed by atoms with Crippen LogP contribution in [0.15, 0.2) is 24.3 Å². The number of nitrogens with two attached hydrogens (primary N) is 1. The molecular formula is C23H38ClN5O5. The van der Waals surface area contributed by atoms with Crippen LogP contribution in [0.25, 0.3) is 0 Å². The molecule has 0 aliphatic carbocycles. The fraction of sp³-hybridized carbons (Fsp3) is 0.609. The third-order valence-electron chi connectivity index (χ3n) is 5.74. The summed E-state index contributed by atoms with van der Waals surface area (Å²) in [6.45, 7) is 4.22. The first-order valence-electron chi connectivity index (χ1n) is 11.0. The second kappa shape index (κ2) is 12.8. The van der Waals surface area contributed by atoms with E-state index >= 15 is 0 Å². The first-order chi connectivity index (χ1) is 15.4. The number of hydrogen-bond acceptors (Lipinski definition) is 6. The summed E-state index contributed by atoms with van der Waals surface area (Å²) in [6.07, 6.45) is -0.275. The fourth-order valence-corrected chi connectivity index (χ4v) is 4.01. The summed E-state index contributed by atoms with van der Waals surface area (Å²) in [6, 6.07) is 6.45. The van der Waals surface area contributed by atoms with Crippen LogP contribution in [0.5, 0.6) is 0 Å². The molecule has 11 heteroatoms. The van der Waals surface area contributed by atoms with Crippen molar-refractivity contribution in [2.45, 2.75) is 51.3 Å². The first kappa shape index (κ1) is 29.5. The number of nitrogens with zero attached hydrogens (tertiary/aromatic N) is 2. The average molecular weight is 500 g/mol. The lowest BCUT2D eigenvalue weighted by Crippen LogP contribution is -2.51. The number of para-hydroxylation sites is 1. The van der Waals surface area contributed by atoms with Gasteiger partial charge in [0.15, 0.2) is 0 Å².